The van der Waals surface area contributed by atoms with E-state index in [9.17, 15) is 13.2 Å². The topological polar surface area (TPSA) is 77.2 Å². The number of primary amides is 1. The molecule has 1 aromatic rings. The Balaban J connectivity index is 3.59. The molecule has 0 fully saturated rings. The van der Waals surface area contributed by atoms with E-state index in [0.717, 1.165) is 11.3 Å². The molecule has 0 aromatic carbocycles. The molecule has 1 heterocycles. The van der Waals surface area contributed by atoms with Crippen LogP contribution in [0.3, 0.4) is 0 Å². The number of nitrogens with two attached hydrogens (primary N) is 1. The monoisotopic (exact) mass is 405 g/mol. The van der Waals surface area contributed by atoms with Crippen molar-refractivity contribution in [2.45, 2.75) is 28.2 Å². The molecule has 96 valence electrons. The van der Waals surface area contributed by atoms with Crippen molar-refractivity contribution in [3.05, 3.63) is 8.45 Å². The lowest BCUT2D eigenvalue weighted by Crippen LogP contribution is -2.16. The van der Waals surface area contributed by atoms with Crippen molar-refractivity contribution in [3.63, 3.8) is 0 Å². The van der Waals surface area contributed by atoms with Gasteiger partial charge in [-0.2, -0.15) is 0 Å². The van der Waals surface area contributed by atoms with Crippen LogP contribution in [0.2, 0.25) is 0 Å². The minimum Gasteiger partial charge on any atom is -0.365 e. The summed E-state index contributed by atoms with van der Waals surface area (Å²) in [5.41, 5.74) is 5.23. The Morgan fingerprint density at radius 2 is 2.00 bits per heavy atom. The molecule has 1 amide bonds. The van der Waals surface area contributed by atoms with Crippen LogP contribution >= 0.6 is 45.7 Å². The van der Waals surface area contributed by atoms with Crippen molar-refractivity contribution in [1.82, 2.24) is 0 Å². The van der Waals surface area contributed by atoms with E-state index in [-0.39, 0.29) is 4.90 Å². The first-order valence-electron chi connectivity index (χ1n) is 4.63. The van der Waals surface area contributed by atoms with Gasteiger partial charge in [0.05, 0.1) is 13.0 Å². The highest BCUT2D eigenvalue weighted by Crippen LogP contribution is 2.40. The third kappa shape index (κ3) is 2.79. The van der Waals surface area contributed by atoms with Gasteiger partial charge >= 0.3 is 0 Å². The van der Waals surface area contributed by atoms with Crippen LogP contribution < -0.4 is 5.73 Å². The third-order valence-corrected chi connectivity index (χ3v) is 8.70. The fraction of sp³-hybridized carbons (Fsp3) is 0.444. The van der Waals surface area contributed by atoms with Crippen LogP contribution in [-0.2, 0) is 9.84 Å². The number of sulfone groups is 1. The summed E-state index contributed by atoms with van der Waals surface area (Å²) >= 11 is 4.34. The number of amides is 1. The SMILES string of the molecule is CSc1sc(C(N)=O)c(I)c1S(=O)(=O)C(C)C. The average molecular weight is 405 g/mol. The zero-order valence-electron chi connectivity index (χ0n) is 9.48. The molecule has 2 N–H and O–H groups in total. The van der Waals surface area contributed by atoms with Crippen molar-refractivity contribution >= 4 is 61.4 Å². The van der Waals surface area contributed by atoms with Gasteiger partial charge in [0.1, 0.15) is 9.77 Å². The van der Waals surface area contributed by atoms with Gasteiger partial charge in [-0.1, -0.05) is 0 Å². The molecule has 4 nitrogen and oxygen atoms in total. The number of carbonyl (C=O) groups is 1. The Labute approximate surface area is 122 Å². The number of carbonyl (C=O) groups excluding carboxylic acids is 1. The quantitative estimate of drug-likeness (QED) is 0.616. The molecule has 0 atom stereocenters. The second-order valence-electron chi connectivity index (χ2n) is 3.52. The smallest absolute Gasteiger partial charge is 0.259 e. The van der Waals surface area contributed by atoms with Gasteiger partial charge in [0.2, 0.25) is 0 Å². The molecular formula is C9H12INO3S3. The molecule has 0 aliphatic carbocycles. The summed E-state index contributed by atoms with van der Waals surface area (Å²) in [7, 11) is -3.39. The predicted molar refractivity (Wildman–Crippen MR) is 79.7 cm³/mol. The lowest BCUT2D eigenvalue weighted by Gasteiger charge is -2.08. The predicted octanol–water partition coefficient (Wildman–Crippen LogP) is 2.36. The first-order valence-corrected chi connectivity index (χ1v) is 9.30. The van der Waals surface area contributed by atoms with Crippen LogP contribution in [0.5, 0.6) is 0 Å². The zero-order valence-corrected chi connectivity index (χ0v) is 14.1. The van der Waals surface area contributed by atoms with Crippen LogP contribution in [0.4, 0.5) is 0 Å². The summed E-state index contributed by atoms with van der Waals surface area (Å²) in [6.07, 6.45) is 1.78. The maximum absolute atomic E-state index is 12.2. The Morgan fingerprint density at radius 1 is 1.47 bits per heavy atom. The molecule has 0 spiro atoms. The van der Waals surface area contributed by atoms with Gasteiger partial charge in [-0.25, -0.2) is 8.42 Å². The van der Waals surface area contributed by atoms with Crippen LogP contribution in [0, 0.1) is 3.57 Å². The minimum atomic E-state index is -3.39. The Hall–Kier alpha value is 0.200. The van der Waals surface area contributed by atoms with E-state index in [4.69, 9.17) is 5.73 Å². The van der Waals surface area contributed by atoms with E-state index in [0.29, 0.717) is 12.7 Å². The molecule has 0 aliphatic rings. The van der Waals surface area contributed by atoms with E-state index in [1.165, 1.54) is 11.8 Å². The molecule has 8 heteroatoms. The molecule has 0 bridgehead atoms. The van der Waals surface area contributed by atoms with E-state index in [1.54, 1.807) is 20.1 Å². The second-order valence-corrected chi connectivity index (χ2v) is 9.14. The maximum Gasteiger partial charge on any atom is 0.259 e. The first kappa shape index (κ1) is 15.3. The third-order valence-electron chi connectivity index (χ3n) is 2.09. The minimum absolute atomic E-state index is 0.249. The molecule has 0 aliphatic heterocycles. The summed E-state index contributed by atoms with van der Waals surface area (Å²) in [5.74, 6) is -0.583. The zero-order chi connectivity index (χ0) is 13.4. The van der Waals surface area contributed by atoms with Crippen molar-refractivity contribution in [2.24, 2.45) is 5.73 Å². The summed E-state index contributed by atoms with van der Waals surface area (Å²) < 4.78 is 25.5. The van der Waals surface area contributed by atoms with Crippen LogP contribution in [0.25, 0.3) is 0 Å². The number of thioether (sulfide) groups is 1. The standard InChI is InChI=1S/C9H12INO3S3/c1-4(2)17(13,14)7-5(10)6(8(11)12)16-9(7)15-3/h4H,1-3H3,(H2,11,12). The average Bonchev–Trinajstić information content (AvgIpc) is 2.55. The van der Waals surface area contributed by atoms with Gasteiger partial charge in [-0.05, 0) is 42.7 Å². The van der Waals surface area contributed by atoms with Gasteiger partial charge < -0.3 is 5.73 Å². The molecule has 0 radical (unpaired) electrons. The number of hydrogen-bond acceptors (Lipinski definition) is 5. The number of rotatable bonds is 4. The van der Waals surface area contributed by atoms with Crippen molar-refractivity contribution < 1.29 is 13.2 Å². The first-order chi connectivity index (χ1) is 7.73. The lowest BCUT2D eigenvalue weighted by atomic mass is 10.4. The van der Waals surface area contributed by atoms with Crippen molar-refractivity contribution in [3.8, 4) is 0 Å². The van der Waals surface area contributed by atoms with E-state index in [1.807, 2.05) is 22.6 Å². The van der Waals surface area contributed by atoms with Gasteiger partial charge in [0.25, 0.3) is 5.91 Å². The molecule has 1 rings (SSSR count). The lowest BCUT2D eigenvalue weighted by molar-refractivity contribution is 0.100. The van der Waals surface area contributed by atoms with Gasteiger partial charge in [0.15, 0.2) is 9.84 Å². The molecule has 0 saturated heterocycles. The van der Waals surface area contributed by atoms with Gasteiger partial charge in [0, 0.05) is 0 Å². The molecule has 0 saturated carbocycles. The molecule has 1 aromatic heterocycles. The molecule has 17 heavy (non-hydrogen) atoms. The highest BCUT2D eigenvalue weighted by molar-refractivity contribution is 14.1. The van der Waals surface area contributed by atoms with Crippen LogP contribution in [-0.4, -0.2) is 25.8 Å². The maximum atomic E-state index is 12.2. The molecular weight excluding hydrogens is 393 g/mol. The largest absolute Gasteiger partial charge is 0.365 e. The normalized spacial score (nSPS) is 12.1. The van der Waals surface area contributed by atoms with E-state index in [2.05, 4.69) is 0 Å². The Morgan fingerprint density at radius 3 is 2.35 bits per heavy atom. The Kier molecular flexibility index (Phi) is 4.89. The van der Waals surface area contributed by atoms with Crippen LogP contribution in [0.1, 0.15) is 23.5 Å². The van der Waals surface area contributed by atoms with Crippen molar-refractivity contribution in [2.75, 3.05) is 6.26 Å². The highest BCUT2D eigenvalue weighted by atomic mass is 127. The highest BCUT2D eigenvalue weighted by Gasteiger charge is 2.30. The Bertz CT molecular complexity index is 548. The van der Waals surface area contributed by atoms with E-state index >= 15 is 0 Å². The summed E-state index contributed by atoms with van der Waals surface area (Å²) in [5, 5.41) is -0.516. The number of hydrogen-bond donors (Lipinski definition) is 1. The summed E-state index contributed by atoms with van der Waals surface area (Å²) in [6, 6.07) is 0. The van der Waals surface area contributed by atoms with Gasteiger partial charge in [-0.15, -0.1) is 23.1 Å². The fourth-order valence-corrected chi connectivity index (χ4v) is 7.03. The second kappa shape index (κ2) is 5.45. The van der Waals surface area contributed by atoms with Crippen LogP contribution in [0.15, 0.2) is 9.10 Å². The summed E-state index contributed by atoms with van der Waals surface area (Å²) in [6.45, 7) is 3.24. The molecule has 0 unspecified atom stereocenters. The number of thiophene rings is 1. The fourth-order valence-electron chi connectivity index (χ4n) is 1.15. The van der Waals surface area contributed by atoms with Crippen molar-refractivity contribution in [1.29, 1.82) is 0 Å². The van der Waals surface area contributed by atoms with E-state index < -0.39 is 21.0 Å². The number of halogens is 1. The summed E-state index contributed by atoms with van der Waals surface area (Å²) in [4.78, 5) is 11.8. The van der Waals surface area contributed by atoms with Gasteiger partial charge in [-0.3, -0.25) is 4.79 Å².